The first-order chi connectivity index (χ1) is 28.6. The molecule has 0 amide bonds. The number of phenols is 2. The molecule has 2 unspecified atom stereocenters. The molecule has 0 aromatic heterocycles. The fourth-order valence-corrected chi connectivity index (χ4v) is 12.1. The maximum atomic E-state index is 12.5. The standard InChI is InChI=1S/C56H64O2S2/c1-53(2,39-25-15-11-16-26-39)43-35-45(55(5,6)41-29-19-13-20-30-41)51(57)49(37-43)59-47-33-23-9-10-24-34-48(47)60-50-38-44(54(3,4)40-27-17-12-18-28-40)36-46(52(50)58)56(7,8)42-31-21-14-22-32-42/h11-22,25-32,35-38,47-48,57-58H,9-10,23-24,33-34H2,1-8H3. The third-order valence-electron chi connectivity index (χ3n) is 13.6. The summed E-state index contributed by atoms with van der Waals surface area (Å²) < 4.78 is 0. The van der Waals surface area contributed by atoms with Crippen molar-refractivity contribution < 1.29 is 10.2 Å². The lowest BCUT2D eigenvalue weighted by Gasteiger charge is -2.35. The van der Waals surface area contributed by atoms with Gasteiger partial charge in [0.1, 0.15) is 11.5 Å². The van der Waals surface area contributed by atoms with Crippen LogP contribution in [0.3, 0.4) is 0 Å². The van der Waals surface area contributed by atoms with Crippen LogP contribution in [0.2, 0.25) is 0 Å². The number of thioether (sulfide) groups is 2. The van der Waals surface area contributed by atoms with Crippen molar-refractivity contribution in [1.82, 2.24) is 0 Å². The van der Waals surface area contributed by atoms with Gasteiger partial charge in [0.2, 0.25) is 0 Å². The monoisotopic (exact) mass is 832 g/mol. The molecule has 1 aliphatic rings. The summed E-state index contributed by atoms with van der Waals surface area (Å²) in [5, 5.41) is 25.5. The number of hydrogen-bond acceptors (Lipinski definition) is 4. The molecule has 2 N–H and O–H groups in total. The highest BCUT2D eigenvalue weighted by Crippen LogP contribution is 2.52. The number of phenolic OH excluding ortho intramolecular Hbond substituents is 2. The molecule has 0 spiro atoms. The number of aromatic hydroxyl groups is 2. The Morgan fingerprint density at radius 2 is 0.650 bits per heavy atom. The maximum absolute atomic E-state index is 12.5. The van der Waals surface area contributed by atoms with Crippen LogP contribution in [-0.2, 0) is 21.7 Å². The average Bonchev–Trinajstić information content (AvgIpc) is 3.25. The molecule has 1 saturated carbocycles. The van der Waals surface area contributed by atoms with Crippen LogP contribution in [0.25, 0.3) is 0 Å². The first-order valence-electron chi connectivity index (χ1n) is 21.9. The van der Waals surface area contributed by atoms with Gasteiger partial charge in [-0.25, -0.2) is 0 Å². The largest absolute Gasteiger partial charge is 0.506 e. The Morgan fingerprint density at radius 3 is 0.950 bits per heavy atom. The minimum absolute atomic E-state index is 0.222. The second kappa shape index (κ2) is 17.9. The zero-order valence-electron chi connectivity index (χ0n) is 37.0. The molecule has 0 bridgehead atoms. The summed E-state index contributed by atoms with van der Waals surface area (Å²) in [5.74, 6) is 0.766. The second-order valence-corrected chi connectivity index (χ2v) is 21.6. The molecule has 1 fully saturated rings. The fourth-order valence-electron chi connectivity index (χ4n) is 9.15. The molecule has 0 radical (unpaired) electrons. The van der Waals surface area contributed by atoms with Gasteiger partial charge >= 0.3 is 0 Å². The quantitative estimate of drug-likeness (QED) is 0.129. The zero-order valence-corrected chi connectivity index (χ0v) is 38.6. The molecular formula is C56H64O2S2. The molecule has 4 heteroatoms. The Hall–Kier alpha value is -4.38. The van der Waals surface area contributed by atoms with Gasteiger partial charge in [0.05, 0.1) is 9.79 Å². The van der Waals surface area contributed by atoms with Crippen molar-refractivity contribution >= 4 is 23.5 Å². The third-order valence-corrected chi connectivity index (χ3v) is 16.7. The van der Waals surface area contributed by atoms with Gasteiger partial charge in [0.25, 0.3) is 0 Å². The van der Waals surface area contributed by atoms with Crippen molar-refractivity contribution in [1.29, 1.82) is 0 Å². The van der Waals surface area contributed by atoms with Crippen LogP contribution in [0.4, 0.5) is 0 Å². The van der Waals surface area contributed by atoms with Gasteiger partial charge in [-0.1, -0.05) is 215 Å². The van der Waals surface area contributed by atoms with E-state index < -0.39 is 10.8 Å². The molecular weight excluding hydrogens is 769 g/mol. The van der Waals surface area contributed by atoms with E-state index in [2.05, 4.69) is 201 Å². The Labute approximate surface area is 369 Å². The van der Waals surface area contributed by atoms with Crippen LogP contribution in [0.5, 0.6) is 11.5 Å². The Bertz CT molecular complexity index is 2180. The zero-order chi connectivity index (χ0) is 42.7. The van der Waals surface area contributed by atoms with Crippen LogP contribution in [0.1, 0.15) is 138 Å². The van der Waals surface area contributed by atoms with Gasteiger partial charge < -0.3 is 10.2 Å². The van der Waals surface area contributed by atoms with Crippen molar-refractivity contribution in [2.45, 2.75) is 136 Å². The van der Waals surface area contributed by atoms with Crippen molar-refractivity contribution in [3.8, 4) is 11.5 Å². The van der Waals surface area contributed by atoms with E-state index in [4.69, 9.17) is 0 Å². The van der Waals surface area contributed by atoms with E-state index in [1.807, 2.05) is 23.5 Å². The van der Waals surface area contributed by atoms with Crippen LogP contribution in [-0.4, -0.2) is 20.7 Å². The fraction of sp³-hybridized carbons (Fsp3) is 0.357. The second-order valence-electron chi connectivity index (χ2n) is 19.0. The van der Waals surface area contributed by atoms with Crippen molar-refractivity contribution in [2.75, 3.05) is 0 Å². The third kappa shape index (κ3) is 8.97. The first-order valence-corrected chi connectivity index (χ1v) is 23.7. The Kier molecular flexibility index (Phi) is 13.0. The predicted octanol–water partition coefficient (Wildman–Crippen LogP) is 15.4. The van der Waals surface area contributed by atoms with E-state index in [0.29, 0.717) is 11.5 Å². The molecule has 6 aromatic carbocycles. The van der Waals surface area contributed by atoms with Crippen molar-refractivity contribution in [2.24, 2.45) is 0 Å². The molecule has 1 aliphatic carbocycles. The number of hydrogen-bond donors (Lipinski definition) is 2. The first kappa shape index (κ1) is 43.7. The summed E-state index contributed by atoms with van der Waals surface area (Å²) in [5.41, 5.74) is 7.70. The number of benzene rings is 6. The van der Waals surface area contributed by atoms with Crippen LogP contribution in [0.15, 0.2) is 155 Å². The van der Waals surface area contributed by atoms with Gasteiger partial charge in [0.15, 0.2) is 0 Å². The lowest BCUT2D eigenvalue weighted by molar-refractivity contribution is 0.437. The SMILES string of the molecule is CC(C)(c1ccccc1)c1cc(SC2CCCCCCC2Sc2cc(C(C)(C)c3ccccc3)cc(C(C)(C)c3ccccc3)c2O)c(O)c(C(C)(C)c2ccccc2)c1. The lowest BCUT2D eigenvalue weighted by atomic mass is 9.73. The maximum Gasteiger partial charge on any atom is 0.133 e. The highest BCUT2D eigenvalue weighted by atomic mass is 32.2. The molecule has 6 aromatic rings. The topological polar surface area (TPSA) is 40.5 Å². The van der Waals surface area contributed by atoms with Gasteiger partial charge in [-0.15, -0.1) is 23.5 Å². The van der Waals surface area contributed by atoms with E-state index in [0.717, 1.165) is 46.6 Å². The van der Waals surface area contributed by atoms with Gasteiger partial charge in [-0.05, 0) is 58.4 Å². The van der Waals surface area contributed by atoms with Gasteiger partial charge in [-0.3, -0.25) is 0 Å². The Morgan fingerprint density at radius 1 is 0.367 bits per heavy atom. The van der Waals surface area contributed by atoms with Crippen LogP contribution < -0.4 is 0 Å². The summed E-state index contributed by atoms with van der Waals surface area (Å²) in [6.07, 6.45) is 6.82. The molecule has 7 rings (SSSR count). The molecule has 0 saturated heterocycles. The molecule has 312 valence electrons. The van der Waals surface area contributed by atoms with Crippen molar-refractivity contribution in [3.05, 3.63) is 190 Å². The van der Waals surface area contributed by atoms with E-state index in [1.165, 1.54) is 46.2 Å². The van der Waals surface area contributed by atoms with E-state index in [-0.39, 0.29) is 21.3 Å². The number of rotatable bonds is 12. The average molecular weight is 833 g/mol. The smallest absolute Gasteiger partial charge is 0.133 e. The lowest BCUT2D eigenvalue weighted by Crippen LogP contribution is -2.25. The van der Waals surface area contributed by atoms with Crippen LogP contribution >= 0.6 is 23.5 Å². The summed E-state index contributed by atoms with van der Waals surface area (Å²) >= 11 is 3.72. The van der Waals surface area contributed by atoms with Crippen LogP contribution in [0, 0.1) is 0 Å². The van der Waals surface area contributed by atoms with Gasteiger partial charge in [-0.2, -0.15) is 0 Å². The summed E-state index contributed by atoms with van der Waals surface area (Å²) in [6.45, 7) is 18.2. The van der Waals surface area contributed by atoms with E-state index >= 15 is 0 Å². The van der Waals surface area contributed by atoms with E-state index in [1.54, 1.807) is 0 Å². The molecule has 0 aliphatic heterocycles. The highest BCUT2D eigenvalue weighted by Gasteiger charge is 2.36. The molecule has 0 heterocycles. The Balaban J connectivity index is 1.34. The summed E-state index contributed by atoms with van der Waals surface area (Å²) in [4.78, 5) is 1.89. The minimum atomic E-state index is -0.432. The summed E-state index contributed by atoms with van der Waals surface area (Å²) in [7, 11) is 0. The predicted molar refractivity (Wildman–Crippen MR) is 257 cm³/mol. The molecule has 2 atom stereocenters. The highest BCUT2D eigenvalue weighted by molar-refractivity contribution is 8.04. The van der Waals surface area contributed by atoms with Gasteiger partial charge in [0, 0.05) is 43.3 Å². The van der Waals surface area contributed by atoms with Crippen molar-refractivity contribution in [3.63, 3.8) is 0 Å². The van der Waals surface area contributed by atoms with E-state index in [9.17, 15) is 10.2 Å². The molecule has 2 nitrogen and oxygen atoms in total. The molecule has 60 heavy (non-hydrogen) atoms. The summed E-state index contributed by atoms with van der Waals surface area (Å²) in [6, 6.07) is 51.8. The normalized spacial score (nSPS) is 16.9. The minimum Gasteiger partial charge on any atom is -0.506 e.